The van der Waals surface area contributed by atoms with Crippen LogP contribution in [0.1, 0.15) is 19.8 Å². The summed E-state index contributed by atoms with van der Waals surface area (Å²) in [5.74, 6) is 1.07. The van der Waals surface area contributed by atoms with Crippen LogP contribution < -0.4 is 9.80 Å². The standard InChI is InChI=1S/C20H23N5/c1-15-11-24(19-17-7-10-21-18(17)22-14-23-19)12-20(8-9-20)13-25(15)16-5-3-2-4-6-16/h2-7,10,14-15H,8-9,11-13H2,1H3,(H,21,22,23). The zero-order valence-electron chi connectivity index (χ0n) is 14.5. The number of anilines is 2. The van der Waals surface area contributed by atoms with E-state index in [1.54, 1.807) is 6.33 Å². The number of hydrogen-bond acceptors (Lipinski definition) is 4. The van der Waals surface area contributed by atoms with Gasteiger partial charge in [-0.1, -0.05) is 18.2 Å². The fraction of sp³-hybridized carbons (Fsp3) is 0.400. The van der Waals surface area contributed by atoms with Crippen molar-refractivity contribution in [3.63, 3.8) is 0 Å². The third-order valence-electron chi connectivity index (χ3n) is 5.73. The van der Waals surface area contributed by atoms with Gasteiger partial charge in [-0.25, -0.2) is 9.97 Å². The van der Waals surface area contributed by atoms with E-state index in [0.29, 0.717) is 11.5 Å². The van der Waals surface area contributed by atoms with E-state index in [0.717, 1.165) is 36.5 Å². The van der Waals surface area contributed by atoms with Gasteiger partial charge in [0.2, 0.25) is 0 Å². The Morgan fingerprint density at radius 3 is 2.72 bits per heavy atom. The van der Waals surface area contributed by atoms with Crippen LogP contribution in [0.3, 0.4) is 0 Å². The van der Waals surface area contributed by atoms with E-state index in [4.69, 9.17) is 0 Å². The summed E-state index contributed by atoms with van der Waals surface area (Å²) < 4.78 is 0. The van der Waals surface area contributed by atoms with Crippen LogP contribution >= 0.6 is 0 Å². The van der Waals surface area contributed by atoms with E-state index in [-0.39, 0.29) is 0 Å². The molecule has 1 aliphatic heterocycles. The van der Waals surface area contributed by atoms with E-state index in [1.165, 1.54) is 18.5 Å². The normalized spacial score (nSPS) is 22.4. The van der Waals surface area contributed by atoms with Gasteiger partial charge in [0.1, 0.15) is 17.8 Å². The van der Waals surface area contributed by atoms with Gasteiger partial charge < -0.3 is 14.8 Å². The Morgan fingerprint density at radius 2 is 1.92 bits per heavy atom. The maximum absolute atomic E-state index is 4.65. The number of rotatable bonds is 2. The zero-order chi connectivity index (χ0) is 16.9. The Morgan fingerprint density at radius 1 is 1.08 bits per heavy atom. The fourth-order valence-corrected chi connectivity index (χ4v) is 4.18. The lowest BCUT2D eigenvalue weighted by atomic mass is 10.1. The van der Waals surface area contributed by atoms with E-state index >= 15 is 0 Å². The molecule has 1 aromatic carbocycles. The van der Waals surface area contributed by atoms with Gasteiger partial charge in [-0.15, -0.1) is 0 Å². The molecular formula is C20H23N5. The van der Waals surface area contributed by atoms with Crippen molar-refractivity contribution < 1.29 is 0 Å². The number of nitrogens with one attached hydrogen (secondary N) is 1. The average Bonchev–Trinajstić information content (AvgIpc) is 3.26. The first-order chi connectivity index (χ1) is 12.2. The van der Waals surface area contributed by atoms with Crippen molar-refractivity contribution in [2.45, 2.75) is 25.8 Å². The van der Waals surface area contributed by atoms with Crippen LogP contribution in [0.5, 0.6) is 0 Å². The molecule has 3 heterocycles. The second kappa shape index (κ2) is 5.48. The summed E-state index contributed by atoms with van der Waals surface area (Å²) >= 11 is 0. The summed E-state index contributed by atoms with van der Waals surface area (Å²) in [5, 5.41) is 1.12. The van der Waals surface area contributed by atoms with Crippen LogP contribution in [-0.4, -0.2) is 40.6 Å². The first-order valence-corrected chi connectivity index (χ1v) is 9.09. The largest absolute Gasteiger partial charge is 0.366 e. The van der Waals surface area contributed by atoms with E-state index in [2.05, 4.69) is 68.1 Å². The molecule has 1 spiro atoms. The molecule has 5 nitrogen and oxygen atoms in total. The van der Waals surface area contributed by atoms with E-state index in [9.17, 15) is 0 Å². The smallest absolute Gasteiger partial charge is 0.142 e. The molecule has 0 radical (unpaired) electrons. The highest BCUT2D eigenvalue weighted by Gasteiger charge is 2.48. The van der Waals surface area contributed by atoms with Gasteiger partial charge in [0.05, 0.1) is 5.39 Å². The van der Waals surface area contributed by atoms with Gasteiger partial charge in [0.15, 0.2) is 0 Å². The second-order valence-electron chi connectivity index (χ2n) is 7.63. The predicted octanol–water partition coefficient (Wildman–Crippen LogP) is 3.45. The van der Waals surface area contributed by atoms with Crippen molar-refractivity contribution in [2.24, 2.45) is 5.41 Å². The molecule has 2 aliphatic rings. The molecule has 2 fully saturated rings. The first kappa shape index (κ1) is 14.8. The molecule has 2 aromatic heterocycles. The number of nitrogens with zero attached hydrogens (tertiary/aromatic N) is 4. The summed E-state index contributed by atoms with van der Waals surface area (Å²) in [5.41, 5.74) is 2.65. The van der Waals surface area contributed by atoms with Crippen molar-refractivity contribution in [3.05, 3.63) is 48.9 Å². The quantitative estimate of drug-likeness (QED) is 0.780. The summed E-state index contributed by atoms with van der Waals surface area (Å²) in [6, 6.07) is 13.4. The van der Waals surface area contributed by atoms with Crippen molar-refractivity contribution in [1.82, 2.24) is 15.0 Å². The molecule has 1 N–H and O–H groups in total. The molecule has 5 heteroatoms. The molecular weight excluding hydrogens is 310 g/mol. The maximum atomic E-state index is 4.65. The van der Waals surface area contributed by atoms with Crippen LogP contribution in [0.15, 0.2) is 48.9 Å². The number of aromatic nitrogens is 3. The van der Waals surface area contributed by atoms with Gasteiger partial charge in [-0.2, -0.15) is 0 Å². The lowest BCUT2D eigenvalue weighted by Gasteiger charge is -2.31. The average molecular weight is 333 g/mol. The van der Waals surface area contributed by atoms with Gasteiger partial charge in [-0.3, -0.25) is 0 Å². The molecule has 0 amide bonds. The van der Waals surface area contributed by atoms with E-state index in [1.807, 2.05) is 6.20 Å². The monoisotopic (exact) mass is 333 g/mol. The Bertz CT molecular complexity index is 883. The molecule has 0 bridgehead atoms. The number of aromatic amines is 1. The third-order valence-corrected chi connectivity index (χ3v) is 5.73. The van der Waals surface area contributed by atoms with Gasteiger partial charge in [0, 0.05) is 43.0 Å². The number of H-pyrrole nitrogens is 1. The summed E-state index contributed by atoms with van der Waals surface area (Å²) in [6.07, 6.45) is 6.24. The van der Waals surface area contributed by atoms with Gasteiger partial charge in [-0.05, 0) is 38.0 Å². The van der Waals surface area contributed by atoms with Crippen molar-refractivity contribution in [3.8, 4) is 0 Å². The summed E-state index contributed by atoms with van der Waals surface area (Å²) in [4.78, 5) is 17.3. The Hall–Kier alpha value is -2.56. The molecule has 5 rings (SSSR count). The molecule has 3 aromatic rings. The maximum Gasteiger partial charge on any atom is 0.142 e. The minimum atomic E-state index is 0.397. The molecule has 25 heavy (non-hydrogen) atoms. The molecule has 128 valence electrons. The van der Waals surface area contributed by atoms with Crippen LogP contribution in [0.4, 0.5) is 11.5 Å². The highest BCUT2D eigenvalue weighted by molar-refractivity contribution is 5.87. The lowest BCUT2D eigenvalue weighted by Crippen LogP contribution is -2.39. The molecule has 1 saturated heterocycles. The van der Waals surface area contributed by atoms with Crippen molar-refractivity contribution >= 4 is 22.5 Å². The van der Waals surface area contributed by atoms with Crippen molar-refractivity contribution in [2.75, 3.05) is 29.4 Å². The minimum Gasteiger partial charge on any atom is -0.366 e. The topological polar surface area (TPSA) is 48.1 Å². The van der Waals surface area contributed by atoms with Crippen LogP contribution in [0.25, 0.3) is 11.0 Å². The molecule has 1 unspecified atom stereocenters. The number of benzene rings is 1. The van der Waals surface area contributed by atoms with Crippen LogP contribution in [0, 0.1) is 5.41 Å². The van der Waals surface area contributed by atoms with Gasteiger partial charge in [0.25, 0.3) is 0 Å². The fourth-order valence-electron chi connectivity index (χ4n) is 4.18. The SMILES string of the molecule is CC1CN(c2ncnc3[nH]ccc23)CC2(CC2)CN1c1ccccc1. The highest BCUT2D eigenvalue weighted by atomic mass is 15.3. The predicted molar refractivity (Wildman–Crippen MR) is 101 cm³/mol. The Kier molecular flexibility index (Phi) is 3.23. The Balaban J connectivity index is 1.52. The lowest BCUT2D eigenvalue weighted by molar-refractivity contribution is 0.520. The highest BCUT2D eigenvalue weighted by Crippen LogP contribution is 2.49. The van der Waals surface area contributed by atoms with Gasteiger partial charge >= 0.3 is 0 Å². The minimum absolute atomic E-state index is 0.397. The van der Waals surface area contributed by atoms with Crippen molar-refractivity contribution in [1.29, 1.82) is 0 Å². The molecule has 1 aliphatic carbocycles. The Labute approximate surface area is 147 Å². The summed E-state index contributed by atoms with van der Waals surface area (Å²) in [7, 11) is 0. The van der Waals surface area contributed by atoms with E-state index < -0.39 is 0 Å². The first-order valence-electron chi connectivity index (χ1n) is 9.09. The third kappa shape index (κ3) is 2.54. The number of hydrogen-bond donors (Lipinski definition) is 1. The second-order valence-corrected chi connectivity index (χ2v) is 7.63. The number of para-hydroxylation sites is 1. The number of fused-ring (bicyclic) bond motifs is 1. The van der Waals surface area contributed by atoms with Crippen LogP contribution in [-0.2, 0) is 0 Å². The van der Waals surface area contributed by atoms with Crippen LogP contribution in [0.2, 0.25) is 0 Å². The summed E-state index contributed by atoms with van der Waals surface area (Å²) in [6.45, 7) is 5.53. The molecule has 1 saturated carbocycles. The molecule has 1 atom stereocenters. The zero-order valence-corrected chi connectivity index (χ0v) is 14.5.